The Hall–Kier alpha value is -3.35. The van der Waals surface area contributed by atoms with Gasteiger partial charge in [-0.15, -0.1) is 0 Å². The van der Waals surface area contributed by atoms with Crippen LogP contribution < -0.4 is 15.0 Å². The van der Waals surface area contributed by atoms with Crippen LogP contribution in [0.4, 0.5) is 11.4 Å². The zero-order valence-corrected chi connectivity index (χ0v) is 18.4. The SMILES string of the molecule is O=C(NCCN1C(=O)COc2ccc(/N=C/c3ccc(Cl)c(Cl)c3)cc21)c1ccccc1. The first kappa shape index (κ1) is 21.9. The first-order valence-electron chi connectivity index (χ1n) is 9.91. The molecule has 1 N–H and O–H groups in total. The van der Waals surface area contributed by atoms with Gasteiger partial charge in [-0.3, -0.25) is 14.6 Å². The monoisotopic (exact) mass is 467 g/mol. The summed E-state index contributed by atoms with van der Waals surface area (Å²) < 4.78 is 5.55. The Bertz CT molecular complexity index is 1180. The number of hydrogen-bond acceptors (Lipinski definition) is 4. The number of carbonyl (C=O) groups excluding carboxylic acids is 2. The molecule has 0 unspecified atom stereocenters. The topological polar surface area (TPSA) is 71.0 Å². The number of halogens is 2. The second-order valence-corrected chi connectivity index (χ2v) is 7.85. The minimum Gasteiger partial charge on any atom is -0.482 e. The summed E-state index contributed by atoms with van der Waals surface area (Å²) in [5, 5.41) is 3.77. The maximum absolute atomic E-state index is 12.5. The van der Waals surface area contributed by atoms with Crippen LogP contribution in [0, 0.1) is 0 Å². The molecule has 3 aromatic carbocycles. The van der Waals surface area contributed by atoms with Gasteiger partial charge in [0.15, 0.2) is 6.61 Å². The van der Waals surface area contributed by atoms with Crippen molar-refractivity contribution in [3.05, 3.63) is 87.9 Å². The van der Waals surface area contributed by atoms with E-state index in [9.17, 15) is 9.59 Å². The molecule has 1 heterocycles. The molecule has 6 nitrogen and oxygen atoms in total. The molecule has 0 radical (unpaired) electrons. The van der Waals surface area contributed by atoms with Crippen LogP contribution in [0.1, 0.15) is 15.9 Å². The lowest BCUT2D eigenvalue weighted by molar-refractivity contribution is -0.121. The number of hydrogen-bond donors (Lipinski definition) is 1. The minimum atomic E-state index is -0.188. The van der Waals surface area contributed by atoms with Gasteiger partial charge in [-0.25, -0.2) is 0 Å². The lowest BCUT2D eigenvalue weighted by Crippen LogP contribution is -2.43. The van der Waals surface area contributed by atoms with Gasteiger partial charge in [0.05, 0.1) is 21.4 Å². The Morgan fingerprint density at radius 3 is 2.66 bits per heavy atom. The number of fused-ring (bicyclic) bond motifs is 1. The lowest BCUT2D eigenvalue weighted by Gasteiger charge is -2.29. The fourth-order valence-corrected chi connectivity index (χ4v) is 3.54. The van der Waals surface area contributed by atoms with Gasteiger partial charge in [0.1, 0.15) is 5.75 Å². The zero-order chi connectivity index (χ0) is 22.5. The minimum absolute atomic E-state index is 0.0501. The highest BCUT2D eigenvalue weighted by atomic mass is 35.5. The van der Waals surface area contributed by atoms with E-state index in [1.807, 2.05) is 12.1 Å². The van der Waals surface area contributed by atoms with E-state index < -0.39 is 0 Å². The Morgan fingerprint density at radius 2 is 1.88 bits per heavy atom. The highest BCUT2D eigenvalue weighted by Gasteiger charge is 2.25. The van der Waals surface area contributed by atoms with Gasteiger partial charge < -0.3 is 15.0 Å². The number of benzene rings is 3. The van der Waals surface area contributed by atoms with Crippen molar-refractivity contribution in [2.45, 2.75) is 0 Å². The Balaban J connectivity index is 1.47. The van der Waals surface area contributed by atoms with Crippen molar-refractivity contribution >= 4 is 52.6 Å². The highest BCUT2D eigenvalue weighted by molar-refractivity contribution is 6.42. The summed E-state index contributed by atoms with van der Waals surface area (Å²) in [7, 11) is 0. The maximum Gasteiger partial charge on any atom is 0.265 e. The number of nitrogens with zero attached hydrogens (tertiary/aromatic N) is 2. The molecule has 3 aromatic rings. The first-order valence-corrected chi connectivity index (χ1v) is 10.7. The molecule has 0 aliphatic carbocycles. The van der Waals surface area contributed by atoms with E-state index in [0.29, 0.717) is 45.8 Å². The molecule has 0 aromatic heterocycles. The molecule has 1 aliphatic rings. The predicted octanol–water partition coefficient (Wildman–Crippen LogP) is 4.90. The molecular weight excluding hydrogens is 449 g/mol. The van der Waals surface area contributed by atoms with Gasteiger partial charge >= 0.3 is 0 Å². The fourth-order valence-electron chi connectivity index (χ4n) is 3.23. The number of anilines is 1. The van der Waals surface area contributed by atoms with E-state index in [-0.39, 0.29) is 18.4 Å². The van der Waals surface area contributed by atoms with E-state index in [2.05, 4.69) is 10.3 Å². The van der Waals surface area contributed by atoms with Crippen LogP contribution >= 0.6 is 23.2 Å². The van der Waals surface area contributed by atoms with Crippen molar-refractivity contribution in [1.29, 1.82) is 0 Å². The molecule has 0 saturated carbocycles. The van der Waals surface area contributed by atoms with Crippen molar-refractivity contribution in [2.75, 3.05) is 24.6 Å². The van der Waals surface area contributed by atoms with Crippen LogP contribution in [-0.2, 0) is 4.79 Å². The fraction of sp³-hybridized carbons (Fsp3) is 0.125. The number of amides is 2. The summed E-state index contributed by atoms with van der Waals surface area (Å²) in [6, 6.07) is 19.5. The number of nitrogens with one attached hydrogen (secondary N) is 1. The second kappa shape index (κ2) is 9.85. The molecular formula is C24H19Cl2N3O3. The number of carbonyl (C=O) groups is 2. The van der Waals surface area contributed by atoms with Crippen molar-refractivity contribution in [3.63, 3.8) is 0 Å². The smallest absolute Gasteiger partial charge is 0.265 e. The predicted molar refractivity (Wildman–Crippen MR) is 127 cm³/mol. The third-order valence-corrected chi connectivity index (χ3v) is 5.59. The summed E-state index contributed by atoms with van der Waals surface area (Å²) in [4.78, 5) is 30.8. The summed E-state index contributed by atoms with van der Waals surface area (Å²) in [5.74, 6) is 0.219. The van der Waals surface area contributed by atoms with E-state index in [0.717, 1.165) is 5.56 Å². The van der Waals surface area contributed by atoms with Crippen molar-refractivity contribution in [3.8, 4) is 5.75 Å². The summed E-state index contributed by atoms with van der Waals surface area (Å²) in [6.07, 6.45) is 1.67. The van der Waals surface area contributed by atoms with Gasteiger partial charge in [-0.2, -0.15) is 0 Å². The number of ether oxygens (including phenoxy) is 1. The van der Waals surface area contributed by atoms with Gasteiger partial charge in [0, 0.05) is 24.9 Å². The summed E-state index contributed by atoms with van der Waals surface area (Å²) in [6.45, 7) is 0.564. The molecule has 4 rings (SSSR count). The van der Waals surface area contributed by atoms with E-state index in [1.54, 1.807) is 65.7 Å². The average molecular weight is 468 g/mol. The molecule has 1 aliphatic heterocycles. The summed E-state index contributed by atoms with van der Waals surface area (Å²) >= 11 is 12.0. The maximum atomic E-state index is 12.5. The quantitative estimate of drug-likeness (QED) is 0.524. The summed E-state index contributed by atoms with van der Waals surface area (Å²) in [5.41, 5.74) is 2.62. The zero-order valence-electron chi connectivity index (χ0n) is 16.9. The first-order chi connectivity index (χ1) is 15.5. The third-order valence-electron chi connectivity index (χ3n) is 4.85. The van der Waals surface area contributed by atoms with Crippen molar-refractivity contribution in [1.82, 2.24) is 5.32 Å². The van der Waals surface area contributed by atoms with Crippen LogP contribution in [0.2, 0.25) is 10.0 Å². The highest BCUT2D eigenvalue weighted by Crippen LogP contribution is 2.35. The van der Waals surface area contributed by atoms with Crippen LogP contribution in [0.3, 0.4) is 0 Å². The van der Waals surface area contributed by atoms with E-state index in [4.69, 9.17) is 27.9 Å². The standard InChI is InChI=1S/C24H19Cl2N3O3/c25-19-8-6-16(12-20(19)26)14-28-18-7-9-22-21(13-18)29(23(30)15-32-22)11-10-27-24(31)17-4-2-1-3-5-17/h1-9,12-14H,10-11,15H2,(H,27,31)/b28-14+. The van der Waals surface area contributed by atoms with Crippen molar-refractivity contribution < 1.29 is 14.3 Å². The molecule has 0 fully saturated rings. The van der Waals surface area contributed by atoms with Crippen LogP contribution in [0.25, 0.3) is 0 Å². The number of aliphatic imine (C=N–C) groups is 1. The second-order valence-electron chi connectivity index (χ2n) is 7.04. The lowest BCUT2D eigenvalue weighted by atomic mass is 10.2. The Morgan fingerprint density at radius 1 is 1.06 bits per heavy atom. The van der Waals surface area contributed by atoms with Gasteiger partial charge in [-0.05, 0) is 48.0 Å². The normalized spacial score (nSPS) is 13.1. The molecule has 0 bridgehead atoms. The van der Waals surface area contributed by atoms with Crippen molar-refractivity contribution in [2.24, 2.45) is 4.99 Å². The number of rotatable bonds is 6. The largest absolute Gasteiger partial charge is 0.482 e. The molecule has 0 saturated heterocycles. The van der Waals surface area contributed by atoms with Crippen LogP contribution in [-0.4, -0.2) is 37.7 Å². The van der Waals surface area contributed by atoms with Crippen LogP contribution in [0.5, 0.6) is 5.75 Å². The molecule has 0 atom stereocenters. The third kappa shape index (κ3) is 5.10. The molecule has 0 spiro atoms. The molecule has 162 valence electrons. The van der Waals surface area contributed by atoms with Gasteiger partial charge in [-0.1, -0.05) is 47.5 Å². The van der Waals surface area contributed by atoms with Gasteiger partial charge in [0.2, 0.25) is 0 Å². The molecule has 8 heteroatoms. The molecule has 32 heavy (non-hydrogen) atoms. The Kier molecular flexibility index (Phi) is 6.73. The van der Waals surface area contributed by atoms with E-state index in [1.165, 1.54) is 0 Å². The average Bonchev–Trinajstić information content (AvgIpc) is 2.81. The Labute approximate surface area is 195 Å². The molecule has 2 amide bonds. The van der Waals surface area contributed by atoms with Crippen LogP contribution in [0.15, 0.2) is 71.7 Å². The van der Waals surface area contributed by atoms with E-state index >= 15 is 0 Å². The van der Waals surface area contributed by atoms with Gasteiger partial charge in [0.25, 0.3) is 11.8 Å².